The lowest BCUT2D eigenvalue weighted by Gasteiger charge is -2.36. The van der Waals surface area contributed by atoms with Gasteiger partial charge in [0.1, 0.15) is 12.6 Å². The van der Waals surface area contributed by atoms with E-state index in [1.165, 1.54) is 5.56 Å². The molecular formula is C15H21N3O. The summed E-state index contributed by atoms with van der Waals surface area (Å²) in [6.45, 7) is 7.42. The van der Waals surface area contributed by atoms with Gasteiger partial charge in [-0.3, -0.25) is 15.0 Å². The van der Waals surface area contributed by atoms with Crippen molar-refractivity contribution in [3.8, 4) is 0 Å². The van der Waals surface area contributed by atoms with Crippen molar-refractivity contribution in [2.45, 2.75) is 26.0 Å². The minimum Gasteiger partial charge on any atom is -0.372 e. The van der Waals surface area contributed by atoms with Crippen LogP contribution in [0.5, 0.6) is 0 Å². The van der Waals surface area contributed by atoms with Gasteiger partial charge in [-0.25, -0.2) is 0 Å². The topological polar surface area (TPSA) is 39.1 Å². The molecule has 0 saturated carbocycles. The van der Waals surface area contributed by atoms with Gasteiger partial charge in [-0.05, 0) is 25.3 Å². The second-order valence-corrected chi connectivity index (χ2v) is 4.71. The van der Waals surface area contributed by atoms with E-state index in [0.29, 0.717) is 0 Å². The van der Waals surface area contributed by atoms with E-state index in [1.807, 2.05) is 28.2 Å². The standard InChI is InChI=1S/C15H21N3O/c1-13(8-9-15-6-4-3-5-7-15)18(14(2)19)17-11-10-16-12-17/h3-7,12,14,19H,1,8-11H2,2H3. The average Bonchev–Trinajstić information content (AvgIpc) is 2.91. The van der Waals surface area contributed by atoms with Crippen molar-refractivity contribution in [3.05, 3.63) is 48.2 Å². The van der Waals surface area contributed by atoms with E-state index >= 15 is 0 Å². The number of aliphatic imine (C=N–C) groups is 1. The van der Waals surface area contributed by atoms with Crippen LogP contribution in [0.2, 0.25) is 0 Å². The zero-order valence-electron chi connectivity index (χ0n) is 11.4. The van der Waals surface area contributed by atoms with Crippen molar-refractivity contribution >= 4 is 6.34 Å². The second-order valence-electron chi connectivity index (χ2n) is 4.71. The fourth-order valence-corrected chi connectivity index (χ4v) is 2.24. The third kappa shape index (κ3) is 3.58. The molecule has 0 spiro atoms. The number of nitrogens with zero attached hydrogens (tertiary/aromatic N) is 3. The minimum atomic E-state index is -0.590. The molecule has 1 atom stereocenters. The van der Waals surface area contributed by atoms with Crippen LogP contribution in [0.15, 0.2) is 47.6 Å². The highest BCUT2D eigenvalue weighted by atomic mass is 16.3. The Bertz CT molecular complexity index is 442. The van der Waals surface area contributed by atoms with Gasteiger partial charge in [-0.15, -0.1) is 0 Å². The molecule has 0 aliphatic carbocycles. The van der Waals surface area contributed by atoms with Gasteiger partial charge in [0.25, 0.3) is 0 Å². The lowest BCUT2D eigenvalue weighted by molar-refractivity contribution is -0.0585. The molecule has 0 saturated heterocycles. The Labute approximate surface area is 114 Å². The third-order valence-electron chi connectivity index (χ3n) is 3.17. The Morgan fingerprint density at radius 3 is 2.79 bits per heavy atom. The Kier molecular flexibility index (Phi) is 4.58. The van der Waals surface area contributed by atoms with Crippen LogP contribution >= 0.6 is 0 Å². The normalized spacial score (nSPS) is 15.6. The molecule has 102 valence electrons. The Morgan fingerprint density at radius 1 is 1.47 bits per heavy atom. The van der Waals surface area contributed by atoms with E-state index in [1.54, 1.807) is 13.3 Å². The van der Waals surface area contributed by atoms with Crippen molar-refractivity contribution < 1.29 is 5.11 Å². The van der Waals surface area contributed by atoms with E-state index in [0.717, 1.165) is 31.6 Å². The molecule has 2 rings (SSSR count). The minimum absolute atomic E-state index is 0.590. The summed E-state index contributed by atoms with van der Waals surface area (Å²) in [7, 11) is 0. The number of aliphatic hydroxyl groups is 1. The summed E-state index contributed by atoms with van der Waals surface area (Å²) < 4.78 is 0. The quantitative estimate of drug-likeness (QED) is 0.795. The summed E-state index contributed by atoms with van der Waals surface area (Å²) in [5, 5.41) is 13.6. The molecule has 0 bridgehead atoms. The van der Waals surface area contributed by atoms with Crippen LogP contribution in [-0.4, -0.2) is 40.8 Å². The largest absolute Gasteiger partial charge is 0.372 e. The molecule has 1 unspecified atom stereocenters. The Morgan fingerprint density at radius 2 is 2.21 bits per heavy atom. The summed E-state index contributed by atoms with van der Waals surface area (Å²) >= 11 is 0. The molecule has 1 heterocycles. The summed E-state index contributed by atoms with van der Waals surface area (Å²) in [4.78, 5) is 4.18. The molecule has 0 radical (unpaired) electrons. The van der Waals surface area contributed by atoms with Crippen molar-refractivity contribution in [1.82, 2.24) is 10.0 Å². The predicted octanol–water partition coefficient (Wildman–Crippen LogP) is 2.03. The zero-order valence-corrected chi connectivity index (χ0v) is 11.4. The zero-order chi connectivity index (χ0) is 13.7. The highest BCUT2D eigenvalue weighted by Gasteiger charge is 2.21. The fourth-order valence-electron chi connectivity index (χ4n) is 2.24. The number of allylic oxidation sites excluding steroid dienone is 1. The molecule has 0 amide bonds. The number of hydrogen-bond acceptors (Lipinski definition) is 4. The van der Waals surface area contributed by atoms with E-state index in [2.05, 4.69) is 23.7 Å². The maximum atomic E-state index is 9.90. The number of rotatable bonds is 6. The molecule has 0 fully saturated rings. The van der Waals surface area contributed by atoms with Crippen LogP contribution in [-0.2, 0) is 6.42 Å². The highest BCUT2D eigenvalue weighted by Crippen LogP contribution is 2.17. The number of hydrazine groups is 1. The molecule has 1 aromatic carbocycles. The number of hydrogen-bond donors (Lipinski definition) is 1. The lowest BCUT2D eigenvalue weighted by atomic mass is 10.1. The highest BCUT2D eigenvalue weighted by molar-refractivity contribution is 5.56. The van der Waals surface area contributed by atoms with Gasteiger partial charge in [-0.1, -0.05) is 36.9 Å². The third-order valence-corrected chi connectivity index (χ3v) is 3.17. The average molecular weight is 259 g/mol. The van der Waals surface area contributed by atoms with Gasteiger partial charge in [-0.2, -0.15) is 0 Å². The number of aryl methyl sites for hydroxylation is 1. The van der Waals surface area contributed by atoms with Crippen molar-refractivity contribution in [1.29, 1.82) is 0 Å². The van der Waals surface area contributed by atoms with Crippen LogP contribution in [0.4, 0.5) is 0 Å². The van der Waals surface area contributed by atoms with E-state index in [4.69, 9.17) is 0 Å². The van der Waals surface area contributed by atoms with Crippen LogP contribution < -0.4 is 0 Å². The van der Waals surface area contributed by atoms with E-state index in [-0.39, 0.29) is 0 Å². The van der Waals surface area contributed by atoms with E-state index < -0.39 is 6.23 Å². The SMILES string of the molecule is C=C(CCc1ccccc1)N(C(C)O)N1C=NCC1. The monoisotopic (exact) mass is 259 g/mol. The molecule has 1 aliphatic rings. The van der Waals surface area contributed by atoms with Crippen molar-refractivity contribution in [2.24, 2.45) is 4.99 Å². The van der Waals surface area contributed by atoms with E-state index in [9.17, 15) is 5.11 Å². The summed E-state index contributed by atoms with van der Waals surface area (Å²) in [5.74, 6) is 0. The van der Waals surface area contributed by atoms with Crippen molar-refractivity contribution in [2.75, 3.05) is 13.1 Å². The molecule has 19 heavy (non-hydrogen) atoms. The lowest BCUT2D eigenvalue weighted by Crippen LogP contribution is -2.45. The van der Waals surface area contributed by atoms with Crippen LogP contribution in [0.3, 0.4) is 0 Å². The number of aliphatic hydroxyl groups excluding tert-OH is 1. The molecule has 4 nitrogen and oxygen atoms in total. The maximum Gasteiger partial charge on any atom is 0.142 e. The molecule has 4 heteroatoms. The van der Waals surface area contributed by atoms with Gasteiger partial charge in [0.15, 0.2) is 0 Å². The first-order valence-electron chi connectivity index (χ1n) is 6.64. The first kappa shape index (κ1) is 13.6. The molecule has 0 aromatic heterocycles. The van der Waals surface area contributed by atoms with Crippen LogP contribution in [0.1, 0.15) is 18.9 Å². The van der Waals surface area contributed by atoms with Gasteiger partial charge in [0, 0.05) is 5.70 Å². The molecule has 1 aliphatic heterocycles. The first-order valence-corrected chi connectivity index (χ1v) is 6.64. The Hall–Kier alpha value is -1.81. The number of benzene rings is 1. The predicted molar refractivity (Wildman–Crippen MR) is 77.5 cm³/mol. The molecule has 1 aromatic rings. The molecule has 1 N–H and O–H groups in total. The van der Waals surface area contributed by atoms with Gasteiger partial charge < -0.3 is 5.11 Å². The summed E-state index contributed by atoms with van der Waals surface area (Å²) in [6.07, 6.45) is 2.92. The van der Waals surface area contributed by atoms with Gasteiger partial charge >= 0.3 is 0 Å². The smallest absolute Gasteiger partial charge is 0.142 e. The summed E-state index contributed by atoms with van der Waals surface area (Å²) in [6, 6.07) is 10.3. The molecular weight excluding hydrogens is 238 g/mol. The maximum absolute atomic E-state index is 9.90. The van der Waals surface area contributed by atoms with Gasteiger partial charge in [0.05, 0.1) is 13.1 Å². The fraction of sp³-hybridized carbons (Fsp3) is 0.400. The van der Waals surface area contributed by atoms with Crippen LogP contribution in [0.25, 0.3) is 0 Å². The summed E-state index contributed by atoms with van der Waals surface area (Å²) in [5.41, 5.74) is 2.19. The Balaban J connectivity index is 1.94. The van der Waals surface area contributed by atoms with Crippen molar-refractivity contribution in [3.63, 3.8) is 0 Å². The van der Waals surface area contributed by atoms with Gasteiger partial charge in [0.2, 0.25) is 0 Å². The van der Waals surface area contributed by atoms with Crippen LogP contribution in [0, 0.1) is 0 Å². The first-order chi connectivity index (χ1) is 9.18. The second kappa shape index (κ2) is 6.38.